The molecule has 0 spiro atoms. The van der Waals surface area contributed by atoms with Crippen molar-refractivity contribution in [3.05, 3.63) is 65.5 Å². The summed E-state index contributed by atoms with van der Waals surface area (Å²) in [5.74, 6) is 1.03. The van der Waals surface area contributed by atoms with Crippen molar-refractivity contribution in [3.63, 3.8) is 0 Å². The van der Waals surface area contributed by atoms with Crippen LogP contribution < -0.4 is 5.32 Å². The summed E-state index contributed by atoms with van der Waals surface area (Å²) in [5.41, 5.74) is 2.84. The van der Waals surface area contributed by atoms with E-state index >= 15 is 0 Å². The molecular formula is C19H21FN2OS. The number of urea groups is 1. The summed E-state index contributed by atoms with van der Waals surface area (Å²) in [4.78, 5) is 14.4. The third-order valence-electron chi connectivity index (χ3n) is 4.11. The molecule has 0 saturated carbocycles. The minimum absolute atomic E-state index is 0.143. The molecule has 1 heterocycles. The molecule has 1 unspecified atom stereocenters. The number of hydrogen-bond donors (Lipinski definition) is 1. The number of halogens is 1. The molecule has 1 aliphatic heterocycles. The molecule has 2 amide bonds. The summed E-state index contributed by atoms with van der Waals surface area (Å²) >= 11 is 1.66. The first kappa shape index (κ1) is 16.8. The maximum absolute atomic E-state index is 13.5. The van der Waals surface area contributed by atoms with Crippen LogP contribution in [0.3, 0.4) is 0 Å². The molecule has 1 saturated heterocycles. The van der Waals surface area contributed by atoms with E-state index in [2.05, 4.69) is 19.2 Å². The van der Waals surface area contributed by atoms with Gasteiger partial charge in [-0.2, -0.15) is 0 Å². The minimum atomic E-state index is -0.273. The highest BCUT2D eigenvalue weighted by Crippen LogP contribution is 2.38. The largest absolute Gasteiger partial charge is 0.323 e. The van der Waals surface area contributed by atoms with Gasteiger partial charge in [0.15, 0.2) is 0 Å². The second kappa shape index (κ2) is 7.26. The summed E-state index contributed by atoms with van der Waals surface area (Å²) < 4.78 is 13.5. The van der Waals surface area contributed by atoms with Gasteiger partial charge in [-0.3, -0.25) is 0 Å². The molecule has 0 bridgehead atoms. The van der Waals surface area contributed by atoms with E-state index in [1.807, 2.05) is 30.3 Å². The van der Waals surface area contributed by atoms with Crippen LogP contribution in [-0.4, -0.2) is 23.2 Å². The van der Waals surface area contributed by atoms with E-state index in [-0.39, 0.29) is 17.2 Å². The molecule has 1 N–H and O–H groups in total. The van der Waals surface area contributed by atoms with E-state index in [1.165, 1.54) is 17.7 Å². The topological polar surface area (TPSA) is 32.3 Å². The van der Waals surface area contributed by atoms with Gasteiger partial charge in [0, 0.05) is 18.0 Å². The number of carbonyl (C=O) groups excluding carboxylic acids is 1. The highest BCUT2D eigenvalue weighted by molar-refractivity contribution is 7.99. The summed E-state index contributed by atoms with van der Waals surface area (Å²) in [7, 11) is 0. The summed E-state index contributed by atoms with van der Waals surface area (Å²) in [5, 5.41) is 2.80. The van der Waals surface area contributed by atoms with E-state index in [4.69, 9.17) is 0 Å². The Hall–Kier alpha value is -2.01. The monoisotopic (exact) mass is 344 g/mol. The van der Waals surface area contributed by atoms with Crippen LogP contribution in [0, 0.1) is 5.82 Å². The third kappa shape index (κ3) is 3.73. The van der Waals surface area contributed by atoms with Crippen LogP contribution >= 0.6 is 11.8 Å². The van der Waals surface area contributed by atoms with Gasteiger partial charge in [0.1, 0.15) is 11.2 Å². The zero-order valence-electron chi connectivity index (χ0n) is 13.8. The van der Waals surface area contributed by atoms with E-state index in [1.54, 1.807) is 22.7 Å². The lowest BCUT2D eigenvalue weighted by Crippen LogP contribution is -2.34. The zero-order valence-corrected chi connectivity index (χ0v) is 14.6. The first-order valence-corrected chi connectivity index (χ1v) is 9.14. The first-order chi connectivity index (χ1) is 11.5. The number of benzene rings is 2. The Bertz CT molecular complexity index is 718. The predicted molar refractivity (Wildman–Crippen MR) is 97.9 cm³/mol. The SMILES string of the molecule is CC(C)c1ccc(NC(=O)N2CCSC2c2cccc(F)c2)cc1. The van der Waals surface area contributed by atoms with Crippen molar-refractivity contribution in [1.29, 1.82) is 0 Å². The van der Waals surface area contributed by atoms with Crippen molar-refractivity contribution < 1.29 is 9.18 Å². The number of amides is 2. The number of nitrogens with one attached hydrogen (secondary N) is 1. The van der Waals surface area contributed by atoms with Crippen molar-refractivity contribution in [2.45, 2.75) is 25.1 Å². The van der Waals surface area contributed by atoms with Gasteiger partial charge >= 0.3 is 6.03 Å². The predicted octanol–water partition coefficient (Wildman–Crippen LogP) is 5.23. The van der Waals surface area contributed by atoms with E-state index in [0.717, 1.165) is 17.0 Å². The Kier molecular flexibility index (Phi) is 5.09. The van der Waals surface area contributed by atoms with Crippen LogP contribution in [0.1, 0.15) is 36.3 Å². The van der Waals surface area contributed by atoms with Crippen LogP contribution in [-0.2, 0) is 0 Å². The molecule has 1 fully saturated rings. The van der Waals surface area contributed by atoms with Gasteiger partial charge < -0.3 is 10.2 Å². The molecular weight excluding hydrogens is 323 g/mol. The summed E-state index contributed by atoms with van der Waals surface area (Å²) in [6, 6.07) is 14.2. The van der Waals surface area contributed by atoms with Crippen molar-refractivity contribution in [2.75, 3.05) is 17.6 Å². The van der Waals surface area contributed by atoms with Gasteiger partial charge in [-0.05, 0) is 41.3 Å². The maximum atomic E-state index is 13.5. The summed E-state index contributed by atoms with van der Waals surface area (Å²) in [6.45, 7) is 4.93. The van der Waals surface area contributed by atoms with Crippen LogP contribution in [0.4, 0.5) is 14.9 Å². The average molecular weight is 344 g/mol. The number of nitrogens with zero attached hydrogens (tertiary/aromatic N) is 1. The molecule has 0 aliphatic carbocycles. The fourth-order valence-corrected chi connectivity index (χ4v) is 4.01. The molecule has 3 nitrogen and oxygen atoms in total. The van der Waals surface area contributed by atoms with Crippen LogP contribution in [0.15, 0.2) is 48.5 Å². The van der Waals surface area contributed by atoms with E-state index < -0.39 is 0 Å². The van der Waals surface area contributed by atoms with Crippen LogP contribution in [0.5, 0.6) is 0 Å². The Labute approximate surface area is 146 Å². The molecule has 0 radical (unpaired) electrons. The zero-order chi connectivity index (χ0) is 17.1. The second-order valence-electron chi connectivity index (χ2n) is 6.18. The molecule has 5 heteroatoms. The number of hydrogen-bond acceptors (Lipinski definition) is 2. The maximum Gasteiger partial charge on any atom is 0.323 e. The van der Waals surface area contributed by atoms with Crippen LogP contribution in [0.2, 0.25) is 0 Å². The first-order valence-electron chi connectivity index (χ1n) is 8.09. The normalized spacial score (nSPS) is 17.3. The molecule has 0 aromatic heterocycles. The molecule has 1 atom stereocenters. The lowest BCUT2D eigenvalue weighted by Gasteiger charge is -2.24. The Balaban J connectivity index is 1.71. The Morgan fingerprint density at radius 3 is 2.67 bits per heavy atom. The molecule has 1 aliphatic rings. The number of anilines is 1. The van der Waals surface area contributed by atoms with Gasteiger partial charge in [0.25, 0.3) is 0 Å². The molecule has 24 heavy (non-hydrogen) atoms. The Morgan fingerprint density at radius 1 is 1.25 bits per heavy atom. The summed E-state index contributed by atoms with van der Waals surface area (Å²) in [6.07, 6.45) is 0. The highest BCUT2D eigenvalue weighted by Gasteiger charge is 2.30. The lowest BCUT2D eigenvalue weighted by molar-refractivity contribution is 0.214. The fourth-order valence-electron chi connectivity index (χ4n) is 2.76. The molecule has 2 aromatic carbocycles. The van der Waals surface area contributed by atoms with Gasteiger partial charge in [-0.25, -0.2) is 9.18 Å². The fraction of sp³-hybridized carbons (Fsp3) is 0.316. The van der Waals surface area contributed by atoms with Crippen molar-refractivity contribution in [3.8, 4) is 0 Å². The smallest absolute Gasteiger partial charge is 0.308 e. The highest BCUT2D eigenvalue weighted by atomic mass is 32.2. The van der Waals surface area contributed by atoms with Crippen molar-refractivity contribution >= 4 is 23.5 Å². The van der Waals surface area contributed by atoms with Gasteiger partial charge in [0.2, 0.25) is 0 Å². The number of thioether (sulfide) groups is 1. The molecule has 3 rings (SSSR count). The van der Waals surface area contributed by atoms with Gasteiger partial charge in [-0.15, -0.1) is 11.8 Å². The average Bonchev–Trinajstić information content (AvgIpc) is 3.05. The van der Waals surface area contributed by atoms with Crippen molar-refractivity contribution in [2.24, 2.45) is 0 Å². The lowest BCUT2D eigenvalue weighted by atomic mass is 10.0. The van der Waals surface area contributed by atoms with Gasteiger partial charge in [0.05, 0.1) is 0 Å². The second-order valence-corrected chi connectivity index (χ2v) is 7.37. The van der Waals surface area contributed by atoms with Gasteiger partial charge in [-0.1, -0.05) is 38.1 Å². The quantitative estimate of drug-likeness (QED) is 0.827. The third-order valence-corrected chi connectivity index (χ3v) is 5.37. The van der Waals surface area contributed by atoms with E-state index in [9.17, 15) is 9.18 Å². The molecule has 126 valence electrons. The van der Waals surface area contributed by atoms with E-state index in [0.29, 0.717) is 12.5 Å². The standard InChI is InChI=1S/C19H21FN2OS/c1-13(2)14-6-8-17(9-7-14)21-19(23)22-10-11-24-18(22)15-4-3-5-16(20)12-15/h3-9,12-13,18H,10-11H2,1-2H3,(H,21,23). The number of carbonyl (C=O) groups is 1. The Morgan fingerprint density at radius 2 is 2.00 bits per heavy atom. The minimum Gasteiger partial charge on any atom is -0.308 e. The number of rotatable bonds is 3. The molecule has 2 aromatic rings. The van der Waals surface area contributed by atoms with Crippen LogP contribution in [0.25, 0.3) is 0 Å². The van der Waals surface area contributed by atoms with Crippen molar-refractivity contribution in [1.82, 2.24) is 4.90 Å².